The van der Waals surface area contributed by atoms with Crippen molar-refractivity contribution in [2.24, 2.45) is 28.5 Å². The number of primary amides is 1. The fourth-order valence-corrected chi connectivity index (χ4v) is 4.81. The number of alkyl halides is 3. The van der Waals surface area contributed by atoms with Gasteiger partial charge in [0.25, 0.3) is 5.91 Å². The van der Waals surface area contributed by atoms with Crippen LogP contribution >= 0.6 is 0 Å². The molecule has 1 fully saturated rings. The average Bonchev–Trinajstić information content (AvgIpc) is 3.69. The lowest BCUT2D eigenvalue weighted by Gasteiger charge is -2.26. The molecule has 0 unspecified atom stereocenters. The molecule has 3 amide bonds. The Morgan fingerprint density at radius 3 is 2.44 bits per heavy atom. The van der Waals surface area contributed by atoms with Crippen LogP contribution in [0.1, 0.15) is 55.2 Å². The quantitative estimate of drug-likeness (QED) is 0.378. The van der Waals surface area contributed by atoms with Crippen molar-refractivity contribution in [3.05, 3.63) is 65.0 Å². The Bertz CT molecular complexity index is 1270. The molecule has 4 N–H and O–H groups in total. The molecule has 1 aliphatic carbocycles. The standard InChI is InChI=1S/C28H30F4N4O3/c1-15-7-11-17(12-8-15)22-19-4-2-6-21(29)23(19)35-27(39)25(34-22)36-26(38)18(5-3-13-28(30,31)32)20(24(33)37)14-16-9-10-16/h2,4,6-8,11-12,16,18,20,25H,3,5,9-10,13-14H2,1H3,(H2,33,37)(H,35,39)(H,36,38)/t18-,20+,25-/m1/s1. The summed E-state index contributed by atoms with van der Waals surface area (Å²) in [6, 6.07) is 11.4. The molecule has 2 aromatic rings. The van der Waals surface area contributed by atoms with Gasteiger partial charge in [0.15, 0.2) is 0 Å². The minimum atomic E-state index is -4.43. The third-order valence-electron chi connectivity index (χ3n) is 7.07. The van der Waals surface area contributed by atoms with E-state index in [1.165, 1.54) is 12.1 Å². The number of benzene rings is 2. The molecule has 39 heavy (non-hydrogen) atoms. The Kier molecular flexibility index (Phi) is 8.36. The summed E-state index contributed by atoms with van der Waals surface area (Å²) in [6.45, 7) is 1.89. The van der Waals surface area contributed by atoms with Crippen LogP contribution in [0.3, 0.4) is 0 Å². The first kappa shape index (κ1) is 28.3. The predicted octanol–water partition coefficient (Wildman–Crippen LogP) is 4.62. The number of halogens is 4. The van der Waals surface area contributed by atoms with Crippen LogP contribution < -0.4 is 16.4 Å². The number of fused-ring (bicyclic) bond motifs is 1. The van der Waals surface area contributed by atoms with Gasteiger partial charge in [-0.15, -0.1) is 0 Å². The second-order valence-corrected chi connectivity index (χ2v) is 10.2. The molecular formula is C28H30F4N4O3. The first-order chi connectivity index (χ1) is 18.4. The number of carbonyl (C=O) groups is 3. The second-order valence-electron chi connectivity index (χ2n) is 10.2. The maximum absolute atomic E-state index is 14.8. The second kappa shape index (κ2) is 11.5. The van der Waals surface area contributed by atoms with Gasteiger partial charge in [0.05, 0.1) is 11.4 Å². The fraction of sp³-hybridized carbons (Fsp3) is 0.429. The first-order valence-electron chi connectivity index (χ1n) is 12.8. The molecular weight excluding hydrogens is 516 g/mol. The van der Waals surface area contributed by atoms with E-state index in [1.54, 1.807) is 18.2 Å². The zero-order valence-electron chi connectivity index (χ0n) is 21.4. The number of nitrogens with two attached hydrogens (primary N) is 1. The van der Waals surface area contributed by atoms with Crippen LogP contribution in [0.4, 0.5) is 23.2 Å². The number of para-hydroxylation sites is 1. The number of nitrogens with zero attached hydrogens (tertiary/aromatic N) is 1. The van der Waals surface area contributed by atoms with Gasteiger partial charge >= 0.3 is 6.18 Å². The lowest BCUT2D eigenvalue weighted by Crippen LogP contribution is -2.48. The SMILES string of the molecule is Cc1ccc(C2=N[C@H](NC(=O)[C@H](CCCC(F)(F)F)[C@H](CC3CC3)C(N)=O)C(=O)Nc3c(F)cccc32)cc1. The van der Waals surface area contributed by atoms with Gasteiger partial charge in [0.2, 0.25) is 18.0 Å². The molecule has 4 rings (SSSR count). The van der Waals surface area contributed by atoms with Gasteiger partial charge in [-0.05, 0) is 38.2 Å². The minimum Gasteiger partial charge on any atom is -0.369 e. The van der Waals surface area contributed by atoms with Gasteiger partial charge in [0, 0.05) is 29.4 Å². The topological polar surface area (TPSA) is 114 Å². The summed E-state index contributed by atoms with van der Waals surface area (Å²) in [5, 5.41) is 4.97. The number of carbonyl (C=O) groups excluding carboxylic acids is 3. The largest absolute Gasteiger partial charge is 0.389 e. The molecule has 2 aromatic carbocycles. The third kappa shape index (κ3) is 7.21. The summed E-state index contributed by atoms with van der Waals surface area (Å²) in [6.07, 6.45) is -5.74. The van der Waals surface area contributed by atoms with Crippen molar-refractivity contribution in [1.82, 2.24) is 5.32 Å². The smallest absolute Gasteiger partial charge is 0.369 e. The first-order valence-corrected chi connectivity index (χ1v) is 12.8. The number of aliphatic imine (C=N–C) groups is 1. The van der Waals surface area contributed by atoms with Gasteiger partial charge in [0.1, 0.15) is 5.82 Å². The van der Waals surface area contributed by atoms with Gasteiger partial charge in [-0.25, -0.2) is 9.38 Å². The highest BCUT2D eigenvalue weighted by molar-refractivity contribution is 6.20. The molecule has 1 heterocycles. The highest BCUT2D eigenvalue weighted by Gasteiger charge is 2.39. The molecule has 0 aromatic heterocycles. The van der Waals surface area contributed by atoms with Gasteiger partial charge < -0.3 is 16.4 Å². The highest BCUT2D eigenvalue weighted by atomic mass is 19.4. The Labute approximate surface area is 223 Å². The van der Waals surface area contributed by atoms with E-state index in [-0.39, 0.29) is 36.6 Å². The number of hydrogen-bond acceptors (Lipinski definition) is 4. The molecule has 2 aliphatic rings. The van der Waals surface area contributed by atoms with Gasteiger partial charge in [-0.2, -0.15) is 13.2 Å². The van der Waals surface area contributed by atoms with Crippen LogP contribution in [0.2, 0.25) is 0 Å². The predicted molar refractivity (Wildman–Crippen MR) is 137 cm³/mol. The number of benzodiazepines with no additional fused rings is 1. The van der Waals surface area contributed by atoms with Crippen LogP contribution in [-0.2, 0) is 14.4 Å². The third-order valence-corrected chi connectivity index (χ3v) is 7.07. The molecule has 0 radical (unpaired) electrons. The number of aryl methyl sites for hydroxylation is 1. The summed E-state index contributed by atoms with van der Waals surface area (Å²) < 4.78 is 53.3. The normalized spacial score (nSPS) is 18.7. The van der Waals surface area contributed by atoms with Gasteiger partial charge in [-0.1, -0.05) is 54.8 Å². The van der Waals surface area contributed by atoms with E-state index in [0.29, 0.717) is 11.1 Å². The van der Waals surface area contributed by atoms with Crippen LogP contribution in [0, 0.1) is 30.5 Å². The van der Waals surface area contributed by atoms with Gasteiger partial charge in [-0.3, -0.25) is 14.4 Å². The maximum Gasteiger partial charge on any atom is 0.389 e. The van der Waals surface area contributed by atoms with E-state index >= 15 is 0 Å². The molecule has 1 saturated carbocycles. The van der Waals surface area contributed by atoms with Crippen molar-refractivity contribution >= 4 is 29.1 Å². The van der Waals surface area contributed by atoms with E-state index in [4.69, 9.17) is 5.73 Å². The number of anilines is 1. The fourth-order valence-electron chi connectivity index (χ4n) is 4.81. The minimum absolute atomic E-state index is 0.107. The highest BCUT2D eigenvalue weighted by Crippen LogP contribution is 2.39. The summed E-state index contributed by atoms with van der Waals surface area (Å²) >= 11 is 0. The summed E-state index contributed by atoms with van der Waals surface area (Å²) in [5.41, 5.74) is 7.55. The average molecular weight is 547 g/mol. The number of rotatable bonds is 10. The zero-order valence-corrected chi connectivity index (χ0v) is 21.4. The van der Waals surface area contributed by atoms with E-state index in [1.807, 2.05) is 19.1 Å². The monoisotopic (exact) mass is 546 g/mol. The van der Waals surface area contributed by atoms with Crippen LogP contribution in [0.5, 0.6) is 0 Å². The van der Waals surface area contributed by atoms with Crippen molar-refractivity contribution < 1.29 is 31.9 Å². The van der Waals surface area contributed by atoms with E-state index in [9.17, 15) is 31.9 Å². The zero-order chi connectivity index (χ0) is 28.3. The lowest BCUT2D eigenvalue weighted by molar-refractivity contribution is -0.140. The number of amides is 3. The molecule has 1 aliphatic heterocycles. The molecule has 11 heteroatoms. The number of nitrogens with one attached hydrogen (secondary N) is 2. The number of hydrogen-bond donors (Lipinski definition) is 3. The summed E-state index contributed by atoms with van der Waals surface area (Å²) in [4.78, 5) is 43.4. The molecule has 0 spiro atoms. The van der Waals surface area contributed by atoms with Crippen molar-refractivity contribution in [2.45, 2.75) is 57.8 Å². The summed E-state index contributed by atoms with van der Waals surface area (Å²) in [7, 11) is 0. The molecule has 3 atom stereocenters. The van der Waals surface area contributed by atoms with Crippen molar-refractivity contribution in [3.63, 3.8) is 0 Å². The van der Waals surface area contributed by atoms with Crippen molar-refractivity contribution in [2.75, 3.05) is 5.32 Å². The molecule has 0 saturated heterocycles. The molecule has 0 bridgehead atoms. The Balaban J connectivity index is 1.66. The Morgan fingerprint density at radius 1 is 1.13 bits per heavy atom. The van der Waals surface area contributed by atoms with Crippen molar-refractivity contribution in [3.8, 4) is 0 Å². The van der Waals surface area contributed by atoms with Crippen LogP contribution in [-0.4, -0.2) is 35.8 Å². The Hall–Kier alpha value is -3.76. The van der Waals surface area contributed by atoms with E-state index < -0.39 is 54.1 Å². The Morgan fingerprint density at radius 2 is 1.82 bits per heavy atom. The van der Waals surface area contributed by atoms with E-state index in [2.05, 4.69) is 15.6 Å². The molecule has 7 nitrogen and oxygen atoms in total. The van der Waals surface area contributed by atoms with Crippen LogP contribution in [0.15, 0.2) is 47.5 Å². The van der Waals surface area contributed by atoms with Crippen LogP contribution in [0.25, 0.3) is 0 Å². The lowest BCUT2D eigenvalue weighted by atomic mass is 9.82. The van der Waals surface area contributed by atoms with Crippen molar-refractivity contribution in [1.29, 1.82) is 0 Å². The summed E-state index contributed by atoms with van der Waals surface area (Å²) in [5.74, 6) is -5.11. The molecule has 208 valence electrons. The maximum atomic E-state index is 14.8. The van der Waals surface area contributed by atoms with E-state index in [0.717, 1.165) is 18.4 Å².